The zero-order chi connectivity index (χ0) is 12.4. The largest absolute Gasteiger partial charge is 0.372 e. The van der Waals surface area contributed by atoms with Gasteiger partial charge in [-0.15, -0.1) is 0 Å². The lowest BCUT2D eigenvalue weighted by molar-refractivity contribution is 0.0302. The number of nitrogens with two attached hydrogens (primary N) is 1. The zero-order valence-corrected chi connectivity index (χ0v) is 11.4. The Kier molecular flexibility index (Phi) is 4.42. The maximum Gasteiger partial charge on any atom is 0.0707 e. The highest BCUT2D eigenvalue weighted by Gasteiger charge is 2.33. The SMILES string of the molecule is CC1CN(CC2CCC(CN)O2)CC1N(C)C. The summed E-state index contributed by atoms with van der Waals surface area (Å²) in [5, 5.41) is 0. The van der Waals surface area contributed by atoms with Crippen LogP contribution in [0.25, 0.3) is 0 Å². The van der Waals surface area contributed by atoms with Crippen molar-refractivity contribution in [2.75, 3.05) is 40.3 Å². The van der Waals surface area contributed by atoms with E-state index in [2.05, 4.69) is 30.8 Å². The number of hydrogen-bond acceptors (Lipinski definition) is 4. The van der Waals surface area contributed by atoms with Crippen molar-refractivity contribution >= 4 is 0 Å². The molecule has 0 aliphatic carbocycles. The fourth-order valence-electron chi connectivity index (χ4n) is 3.25. The number of ether oxygens (including phenoxy) is 1. The molecule has 4 nitrogen and oxygen atoms in total. The summed E-state index contributed by atoms with van der Waals surface area (Å²) in [6.45, 7) is 6.50. The summed E-state index contributed by atoms with van der Waals surface area (Å²) >= 11 is 0. The van der Waals surface area contributed by atoms with Gasteiger partial charge in [0, 0.05) is 32.2 Å². The van der Waals surface area contributed by atoms with Gasteiger partial charge in [0.1, 0.15) is 0 Å². The number of rotatable bonds is 4. The van der Waals surface area contributed by atoms with Gasteiger partial charge in [-0.1, -0.05) is 6.92 Å². The van der Waals surface area contributed by atoms with Gasteiger partial charge in [0.05, 0.1) is 12.2 Å². The van der Waals surface area contributed by atoms with Crippen LogP contribution in [0.3, 0.4) is 0 Å². The minimum Gasteiger partial charge on any atom is -0.372 e. The summed E-state index contributed by atoms with van der Waals surface area (Å²) in [5.41, 5.74) is 5.64. The van der Waals surface area contributed by atoms with Crippen LogP contribution in [-0.4, -0.2) is 68.3 Å². The Morgan fingerprint density at radius 1 is 1.24 bits per heavy atom. The van der Waals surface area contributed by atoms with Crippen LogP contribution in [0.15, 0.2) is 0 Å². The second-order valence-corrected chi connectivity index (χ2v) is 5.92. The molecule has 0 bridgehead atoms. The second-order valence-electron chi connectivity index (χ2n) is 5.92. The average Bonchev–Trinajstić information content (AvgIpc) is 2.85. The normalized spacial score (nSPS) is 39.4. The first-order valence-corrected chi connectivity index (χ1v) is 6.84. The molecule has 0 aromatic heterocycles. The van der Waals surface area contributed by atoms with E-state index in [9.17, 15) is 0 Å². The molecule has 2 rings (SSSR count). The molecular formula is C13H27N3O. The van der Waals surface area contributed by atoms with Crippen LogP contribution in [0.4, 0.5) is 0 Å². The summed E-state index contributed by atoms with van der Waals surface area (Å²) in [7, 11) is 4.36. The lowest BCUT2D eigenvalue weighted by atomic mass is 10.1. The molecule has 2 heterocycles. The van der Waals surface area contributed by atoms with Gasteiger partial charge in [-0.05, 0) is 32.9 Å². The molecule has 4 heteroatoms. The van der Waals surface area contributed by atoms with Gasteiger partial charge in [0.2, 0.25) is 0 Å². The molecular weight excluding hydrogens is 214 g/mol. The minimum absolute atomic E-state index is 0.310. The topological polar surface area (TPSA) is 41.7 Å². The van der Waals surface area contributed by atoms with Crippen molar-refractivity contribution in [1.29, 1.82) is 0 Å². The Hall–Kier alpha value is -0.160. The van der Waals surface area contributed by atoms with Crippen LogP contribution < -0.4 is 5.73 Å². The molecule has 4 unspecified atom stereocenters. The third-order valence-corrected chi connectivity index (χ3v) is 4.23. The number of hydrogen-bond donors (Lipinski definition) is 1. The molecule has 0 aromatic carbocycles. The van der Waals surface area contributed by atoms with Gasteiger partial charge < -0.3 is 15.4 Å². The first-order chi connectivity index (χ1) is 8.10. The first-order valence-electron chi connectivity index (χ1n) is 6.84. The van der Waals surface area contributed by atoms with E-state index in [4.69, 9.17) is 10.5 Å². The van der Waals surface area contributed by atoms with Gasteiger partial charge in [-0.3, -0.25) is 4.90 Å². The van der Waals surface area contributed by atoms with Crippen molar-refractivity contribution in [2.45, 2.75) is 38.0 Å². The fraction of sp³-hybridized carbons (Fsp3) is 1.00. The maximum absolute atomic E-state index is 5.92. The molecule has 2 aliphatic heterocycles. The predicted octanol–water partition coefficient (Wildman–Crippen LogP) is 0.375. The molecule has 0 amide bonds. The highest BCUT2D eigenvalue weighted by atomic mass is 16.5. The Labute approximate surface area is 105 Å². The van der Waals surface area contributed by atoms with Gasteiger partial charge in [0.25, 0.3) is 0 Å². The van der Waals surface area contributed by atoms with Crippen molar-refractivity contribution < 1.29 is 4.74 Å². The van der Waals surface area contributed by atoms with E-state index in [0.29, 0.717) is 24.8 Å². The van der Waals surface area contributed by atoms with Crippen molar-refractivity contribution in [2.24, 2.45) is 11.7 Å². The van der Waals surface area contributed by atoms with E-state index in [0.717, 1.165) is 18.9 Å². The van der Waals surface area contributed by atoms with Crippen molar-refractivity contribution in [3.63, 3.8) is 0 Å². The highest BCUT2D eigenvalue weighted by Crippen LogP contribution is 2.24. The Morgan fingerprint density at radius 2 is 1.94 bits per heavy atom. The van der Waals surface area contributed by atoms with Gasteiger partial charge >= 0.3 is 0 Å². The molecule has 0 spiro atoms. The molecule has 0 aromatic rings. The predicted molar refractivity (Wildman–Crippen MR) is 70.0 cm³/mol. The fourth-order valence-corrected chi connectivity index (χ4v) is 3.25. The lowest BCUT2D eigenvalue weighted by Gasteiger charge is -2.23. The molecule has 2 aliphatic rings. The van der Waals surface area contributed by atoms with Crippen LogP contribution in [0.5, 0.6) is 0 Å². The maximum atomic E-state index is 5.92. The number of likely N-dealkylation sites (tertiary alicyclic amines) is 1. The van der Waals surface area contributed by atoms with E-state index in [1.165, 1.54) is 19.5 Å². The third-order valence-electron chi connectivity index (χ3n) is 4.23. The smallest absolute Gasteiger partial charge is 0.0707 e. The minimum atomic E-state index is 0.310. The molecule has 0 radical (unpaired) electrons. The summed E-state index contributed by atoms with van der Waals surface area (Å²) in [6, 6.07) is 0.696. The number of nitrogens with zero attached hydrogens (tertiary/aromatic N) is 2. The summed E-state index contributed by atoms with van der Waals surface area (Å²) in [6.07, 6.45) is 3.04. The van der Waals surface area contributed by atoms with Gasteiger partial charge in [0.15, 0.2) is 0 Å². The van der Waals surface area contributed by atoms with Crippen molar-refractivity contribution in [3.05, 3.63) is 0 Å². The third kappa shape index (κ3) is 3.19. The van der Waals surface area contributed by atoms with Crippen LogP contribution in [0.2, 0.25) is 0 Å². The van der Waals surface area contributed by atoms with Gasteiger partial charge in [-0.25, -0.2) is 0 Å². The van der Waals surface area contributed by atoms with E-state index in [1.807, 2.05) is 0 Å². The lowest BCUT2D eigenvalue weighted by Crippen LogP contribution is -2.36. The summed E-state index contributed by atoms with van der Waals surface area (Å²) in [4.78, 5) is 4.90. The average molecular weight is 241 g/mol. The Bertz CT molecular complexity index is 247. The van der Waals surface area contributed by atoms with Crippen LogP contribution in [0.1, 0.15) is 19.8 Å². The van der Waals surface area contributed by atoms with Crippen molar-refractivity contribution in [1.82, 2.24) is 9.80 Å². The summed E-state index contributed by atoms with van der Waals surface area (Å²) < 4.78 is 5.92. The van der Waals surface area contributed by atoms with Crippen LogP contribution >= 0.6 is 0 Å². The standard InChI is InChI=1S/C13H27N3O/c1-10-7-16(9-13(10)15(2)3)8-12-5-4-11(6-14)17-12/h10-13H,4-9,14H2,1-3H3. The van der Waals surface area contributed by atoms with Crippen LogP contribution in [0, 0.1) is 5.92 Å². The second kappa shape index (κ2) is 5.65. The number of likely N-dealkylation sites (N-methyl/N-ethyl adjacent to an activating group) is 1. The monoisotopic (exact) mass is 241 g/mol. The molecule has 4 atom stereocenters. The Balaban J connectivity index is 1.78. The quantitative estimate of drug-likeness (QED) is 0.772. The van der Waals surface area contributed by atoms with Gasteiger partial charge in [-0.2, -0.15) is 0 Å². The molecule has 17 heavy (non-hydrogen) atoms. The van der Waals surface area contributed by atoms with E-state index >= 15 is 0 Å². The Morgan fingerprint density at radius 3 is 2.47 bits per heavy atom. The zero-order valence-electron chi connectivity index (χ0n) is 11.4. The van der Waals surface area contributed by atoms with Crippen molar-refractivity contribution in [3.8, 4) is 0 Å². The summed E-state index contributed by atoms with van der Waals surface area (Å²) in [5.74, 6) is 0.761. The first kappa shape index (κ1) is 13.3. The van der Waals surface area contributed by atoms with E-state index in [-0.39, 0.29) is 0 Å². The molecule has 100 valence electrons. The molecule has 0 saturated carbocycles. The van der Waals surface area contributed by atoms with Crippen LogP contribution in [-0.2, 0) is 4.74 Å². The highest BCUT2D eigenvalue weighted by molar-refractivity contribution is 4.88. The molecule has 2 N–H and O–H groups in total. The van der Waals surface area contributed by atoms with E-state index in [1.54, 1.807) is 0 Å². The van der Waals surface area contributed by atoms with E-state index < -0.39 is 0 Å². The molecule has 2 fully saturated rings. The molecule has 2 saturated heterocycles.